The largest absolute Gasteiger partial charge is 0.481 e. The molecule has 0 fully saturated rings. The minimum Gasteiger partial charge on any atom is -0.481 e. The van der Waals surface area contributed by atoms with Crippen LogP contribution in [0.5, 0.6) is 5.75 Å². The van der Waals surface area contributed by atoms with Gasteiger partial charge in [0.15, 0.2) is 0 Å². The Balaban J connectivity index is 2.69. The van der Waals surface area contributed by atoms with E-state index in [1.807, 2.05) is 0 Å². The first kappa shape index (κ1) is 16.2. The van der Waals surface area contributed by atoms with Crippen LogP contribution in [0.15, 0.2) is 18.2 Å². The molecule has 0 heterocycles. The first-order chi connectivity index (χ1) is 9.31. The lowest BCUT2D eigenvalue weighted by atomic mass is 10.2. The molecule has 1 rings (SSSR count). The summed E-state index contributed by atoms with van der Waals surface area (Å²) in [6.45, 7) is 5.80. The van der Waals surface area contributed by atoms with E-state index in [-0.39, 0.29) is 13.2 Å². The highest BCUT2D eigenvalue weighted by Crippen LogP contribution is 2.23. The zero-order chi connectivity index (χ0) is 15.2. The van der Waals surface area contributed by atoms with Gasteiger partial charge in [0.2, 0.25) is 0 Å². The van der Waals surface area contributed by atoms with Gasteiger partial charge >= 0.3 is 6.09 Å². The monoisotopic (exact) mass is 295 g/mol. The lowest BCUT2D eigenvalue weighted by Crippen LogP contribution is -2.32. The number of carbonyl (C=O) groups excluding carboxylic acids is 1. The maximum Gasteiger partial charge on any atom is 0.407 e. The van der Waals surface area contributed by atoms with E-state index in [4.69, 9.17) is 27.5 Å². The molecule has 0 aliphatic rings. The molecule has 0 aliphatic carbocycles. The van der Waals surface area contributed by atoms with Crippen molar-refractivity contribution in [2.24, 2.45) is 0 Å². The number of rotatable bonds is 4. The average molecular weight is 296 g/mol. The predicted octanol–water partition coefficient (Wildman–Crippen LogP) is 3.38. The molecule has 0 saturated carbocycles. The van der Waals surface area contributed by atoms with Gasteiger partial charge in [-0.1, -0.05) is 17.5 Å². The summed E-state index contributed by atoms with van der Waals surface area (Å²) >= 11 is 5.93. The Bertz CT molecular complexity index is 515. The number of nitrogens with one attached hydrogen (secondary N) is 1. The molecular weight excluding hydrogens is 278 g/mol. The molecule has 0 radical (unpaired) electrons. The normalized spacial score (nSPS) is 10.6. The number of halogens is 1. The second kappa shape index (κ2) is 7.06. The van der Waals surface area contributed by atoms with Crippen LogP contribution in [-0.2, 0) is 11.3 Å². The van der Waals surface area contributed by atoms with Crippen LogP contribution in [0.3, 0.4) is 0 Å². The van der Waals surface area contributed by atoms with Gasteiger partial charge < -0.3 is 14.8 Å². The SMILES string of the molecule is C#CCOc1ccc(Cl)cc1CNC(=O)OC(C)(C)C. The first-order valence-electron chi connectivity index (χ1n) is 6.13. The van der Waals surface area contributed by atoms with Crippen molar-refractivity contribution in [2.75, 3.05) is 6.61 Å². The highest BCUT2D eigenvalue weighted by molar-refractivity contribution is 6.30. The van der Waals surface area contributed by atoms with Crippen LogP contribution in [0.25, 0.3) is 0 Å². The predicted molar refractivity (Wildman–Crippen MR) is 78.9 cm³/mol. The zero-order valence-electron chi connectivity index (χ0n) is 11.8. The van der Waals surface area contributed by atoms with Crippen LogP contribution in [-0.4, -0.2) is 18.3 Å². The van der Waals surface area contributed by atoms with E-state index in [1.54, 1.807) is 39.0 Å². The number of hydrogen-bond donors (Lipinski definition) is 1. The molecule has 0 unspecified atom stereocenters. The van der Waals surface area contributed by atoms with Crippen LogP contribution in [0.4, 0.5) is 4.79 Å². The summed E-state index contributed by atoms with van der Waals surface area (Å²) in [6, 6.07) is 5.13. The summed E-state index contributed by atoms with van der Waals surface area (Å²) in [7, 11) is 0. The van der Waals surface area contributed by atoms with Crippen molar-refractivity contribution >= 4 is 17.7 Å². The maximum atomic E-state index is 11.6. The van der Waals surface area contributed by atoms with Gasteiger partial charge in [0.05, 0.1) is 0 Å². The molecule has 1 aromatic rings. The topological polar surface area (TPSA) is 47.6 Å². The van der Waals surface area contributed by atoms with Gasteiger partial charge in [0.1, 0.15) is 18.0 Å². The number of amides is 1. The van der Waals surface area contributed by atoms with Gasteiger partial charge in [0.25, 0.3) is 0 Å². The van der Waals surface area contributed by atoms with Crippen LogP contribution in [0.1, 0.15) is 26.3 Å². The highest BCUT2D eigenvalue weighted by atomic mass is 35.5. The van der Waals surface area contributed by atoms with Crippen molar-refractivity contribution in [3.63, 3.8) is 0 Å². The van der Waals surface area contributed by atoms with Gasteiger partial charge in [0, 0.05) is 17.1 Å². The molecule has 1 amide bonds. The van der Waals surface area contributed by atoms with Gasteiger partial charge in [-0.25, -0.2) is 4.79 Å². The standard InChI is InChI=1S/C15H18ClNO3/c1-5-8-19-13-7-6-12(16)9-11(13)10-17-14(18)20-15(2,3)4/h1,6-7,9H,8,10H2,2-4H3,(H,17,18). The Morgan fingerprint density at radius 1 is 1.45 bits per heavy atom. The van der Waals surface area contributed by atoms with E-state index in [1.165, 1.54) is 0 Å². The smallest absolute Gasteiger partial charge is 0.407 e. The van der Waals surface area contributed by atoms with E-state index < -0.39 is 11.7 Å². The first-order valence-corrected chi connectivity index (χ1v) is 6.51. The van der Waals surface area contributed by atoms with Crippen LogP contribution in [0, 0.1) is 12.3 Å². The Kier molecular flexibility index (Phi) is 5.72. The van der Waals surface area contributed by atoms with E-state index in [0.717, 1.165) is 5.56 Å². The quantitative estimate of drug-likeness (QED) is 0.866. The lowest BCUT2D eigenvalue weighted by Gasteiger charge is -2.20. The number of hydrogen-bond acceptors (Lipinski definition) is 3. The number of ether oxygens (including phenoxy) is 2. The van der Waals surface area contributed by atoms with Gasteiger partial charge in [-0.15, -0.1) is 6.42 Å². The fourth-order valence-corrected chi connectivity index (χ4v) is 1.62. The molecule has 1 N–H and O–H groups in total. The van der Waals surface area contributed by atoms with Crippen molar-refractivity contribution in [3.8, 4) is 18.1 Å². The van der Waals surface area contributed by atoms with E-state index >= 15 is 0 Å². The summed E-state index contributed by atoms with van der Waals surface area (Å²) < 4.78 is 10.5. The fraction of sp³-hybridized carbons (Fsp3) is 0.400. The van der Waals surface area contributed by atoms with Crippen LogP contribution < -0.4 is 10.1 Å². The summed E-state index contributed by atoms with van der Waals surface area (Å²) in [5.41, 5.74) is 0.194. The Morgan fingerprint density at radius 2 is 2.15 bits per heavy atom. The average Bonchev–Trinajstić information content (AvgIpc) is 2.33. The fourth-order valence-electron chi connectivity index (χ4n) is 1.43. The van der Waals surface area contributed by atoms with Crippen molar-refractivity contribution in [1.29, 1.82) is 0 Å². The zero-order valence-corrected chi connectivity index (χ0v) is 12.6. The summed E-state index contributed by atoms with van der Waals surface area (Å²) in [4.78, 5) is 11.6. The molecule has 4 nitrogen and oxygen atoms in total. The molecular formula is C15H18ClNO3. The third-order valence-electron chi connectivity index (χ3n) is 2.16. The van der Waals surface area contributed by atoms with E-state index in [2.05, 4.69) is 11.2 Å². The summed E-state index contributed by atoms with van der Waals surface area (Å²) in [6.07, 6.45) is 4.66. The minimum absolute atomic E-state index is 0.154. The number of alkyl carbamates (subject to hydrolysis) is 1. The third kappa shape index (κ3) is 5.85. The molecule has 0 atom stereocenters. The molecule has 108 valence electrons. The van der Waals surface area contributed by atoms with E-state index in [9.17, 15) is 4.79 Å². The second-order valence-corrected chi connectivity index (χ2v) is 5.54. The van der Waals surface area contributed by atoms with Crippen molar-refractivity contribution < 1.29 is 14.3 Å². The third-order valence-corrected chi connectivity index (χ3v) is 2.39. The maximum absolute atomic E-state index is 11.6. The van der Waals surface area contributed by atoms with Crippen LogP contribution >= 0.6 is 11.6 Å². The molecule has 0 aliphatic heterocycles. The molecule has 0 saturated heterocycles. The lowest BCUT2D eigenvalue weighted by molar-refractivity contribution is 0.0523. The molecule has 5 heteroatoms. The second-order valence-electron chi connectivity index (χ2n) is 5.10. The number of benzene rings is 1. The highest BCUT2D eigenvalue weighted by Gasteiger charge is 2.16. The summed E-state index contributed by atoms with van der Waals surface area (Å²) in [5.74, 6) is 2.97. The Morgan fingerprint density at radius 3 is 2.75 bits per heavy atom. The Hall–Kier alpha value is -1.86. The minimum atomic E-state index is -0.540. The molecule has 1 aromatic carbocycles. The Labute approximate surface area is 124 Å². The van der Waals surface area contributed by atoms with Crippen molar-refractivity contribution in [1.82, 2.24) is 5.32 Å². The van der Waals surface area contributed by atoms with E-state index in [0.29, 0.717) is 10.8 Å². The van der Waals surface area contributed by atoms with Gasteiger partial charge in [-0.2, -0.15) is 0 Å². The number of carbonyl (C=O) groups is 1. The number of terminal acetylenes is 1. The molecule has 0 spiro atoms. The van der Waals surface area contributed by atoms with Crippen molar-refractivity contribution in [3.05, 3.63) is 28.8 Å². The van der Waals surface area contributed by atoms with Gasteiger partial charge in [-0.3, -0.25) is 0 Å². The van der Waals surface area contributed by atoms with Crippen LogP contribution in [0.2, 0.25) is 5.02 Å². The molecule has 0 aromatic heterocycles. The molecule has 0 bridgehead atoms. The summed E-state index contributed by atoms with van der Waals surface area (Å²) in [5, 5.41) is 3.20. The molecule has 20 heavy (non-hydrogen) atoms. The van der Waals surface area contributed by atoms with Gasteiger partial charge in [-0.05, 0) is 39.0 Å². The van der Waals surface area contributed by atoms with Crippen molar-refractivity contribution in [2.45, 2.75) is 32.9 Å².